The Balaban J connectivity index is 2.69. The zero-order valence-corrected chi connectivity index (χ0v) is 28.8. The van der Waals surface area contributed by atoms with Gasteiger partial charge in [0.25, 0.3) is 0 Å². The number of quaternary nitrogens is 2. The van der Waals surface area contributed by atoms with Gasteiger partial charge in [-0.05, 0) is 118 Å². The molecule has 0 spiro atoms. The van der Waals surface area contributed by atoms with Gasteiger partial charge >= 0.3 is 0 Å². The molecule has 2 unspecified atom stereocenters. The second-order valence-electron chi connectivity index (χ2n) is 15.4. The van der Waals surface area contributed by atoms with Gasteiger partial charge in [-0.3, -0.25) is 9.68 Å². The fourth-order valence-electron chi connectivity index (χ4n) is 4.98. The topological polar surface area (TPSA) is 91.9 Å². The molecule has 8 heteroatoms. The number of hydrogen-bond donors (Lipinski definition) is 2. The quantitative estimate of drug-likeness (QED) is 0.302. The van der Waals surface area contributed by atoms with Crippen LogP contribution in [0.2, 0.25) is 0 Å². The fraction of sp³-hybridized carbons (Fsp3) is 0.647. The van der Waals surface area contributed by atoms with Crippen LogP contribution >= 0.6 is 0 Å². The molecule has 0 saturated carbocycles. The van der Waals surface area contributed by atoms with E-state index in [1.54, 1.807) is 0 Å². The number of benzene rings is 2. The van der Waals surface area contributed by atoms with Crippen molar-refractivity contribution in [2.75, 3.05) is 0 Å². The predicted octanol–water partition coefficient (Wildman–Crippen LogP) is 6.64. The maximum absolute atomic E-state index is 12.6. The van der Waals surface area contributed by atoms with Crippen molar-refractivity contribution < 1.29 is 30.1 Å². The van der Waals surface area contributed by atoms with Crippen LogP contribution in [0.1, 0.15) is 142 Å². The number of nitrogens with one attached hydrogen (secondary N) is 2. The van der Waals surface area contributed by atoms with E-state index in [9.17, 15) is 10.4 Å². The maximum Gasteiger partial charge on any atom is 0.199 e. The lowest BCUT2D eigenvalue weighted by Crippen LogP contribution is -3.09. The van der Waals surface area contributed by atoms with Crippen molar-refractivity contribution in [1.29, 1.82) is 0 Å². The van der Waals surface area contributed by atoms with E-state index < -0.39 is 22.0 Å². The Hall–Kier alpha value is -2.20. The molecule has 8 nitrogen and oxygen atoms in total. The van der Waals surface area contributed by atoms with E-state index in [2.05, 4.69) is 74.4 Å². The van der Waals surface area contributed by atoms with E-state index in [1.165, 1.54) is 11.1 Å². The minimum absolute atomic E-state index is 0.0864. The third kappa shape index (κ3) is 10.2. The fourth-order valence-corrected chi connectivity index (χ4v) is 4.98. The molecule has 0 fully saturated rings. The van der Waals surface area contributed by atoms with Crippen molar-refractivity contribution in [3.8, 4) is 11.5 Å². The highest BCUT2D eigenvalue weighted by molar-refractivity contribution is 5.53. The van der Waals surface area contributed by atoms with Crippen molar-refractivity contribution in [1.82, 2.24) is 0 Å². The highest BCUT2D eigenvalue weighted by Crippen LogP contribution is 2.42. The summed E-state index contributed by atoms with van der Waals surface area (Å²) in [5.74, 6) is 1.12. The molecular weight excluding hydrogens is 532 g/mol. The van der Waals surface area contributed by atoms with Crippen LogP contribution in [0.15, 0.2) is 24.3 Å². The Kier molecular flexibility index (Phi) is 11.3. The molecule has 0 aliphatic carbocycles. The molecule has 0 saturated heterocycles. The van der Waals surface area contributed by atoms with Crippen molar-refractivity contribution >= 4 is 0 Å². The monoisotopic (exact) mass is 588 g/mol. The van der Waals surface area contributed by atoms with Gasteiger partial charge in [-0.15, -0.1) is 0 Å². The predicted molar refractivity (Wildman–Crippen MR) is 168 cm³/mol. The molecule has 2 N–H and O–H groups in total. The summed E-state index contributed by atoms with van der Waals surface area (Å²) in [5.41, 5.74) is 4.44. The van der Waals surface area contributed by atoms with Crippen LogP contribution in [0.3, 0.4) is 0 Å². The second-order valence-corrected chi connectivity index (χ2v) is 15.4. The second kappa shape index (κ2) is 13.2. The van der Waals surface area contributed by atoms with E-state index in [-0.39, 0.29) is 16.7 Å². The Morgan fingerprint density at radius 2 is 0.952 bits per heavy atom. The van der Waals surface area contributed by atoms with Crippen molar-refractivity contribution in [2.24, 2.45) is 0 Å². The van der Waals surface area contributed by atoms with Gasteiger partial charge in [0.1, 0.15) is 11.2 Å². The van der Waals surface area contributed by atoms with Gasteiger partial charge in [0, 0.05) is 17.0 Å². The Labute approximate surface area is 254 Å². The van der Waals surface area contributed by atoms with Crippen LogP contribution < -0.4 is 20.5 Å². The summed E-state index contributed by atoms with van der Waals surface area (Å²) in [5, 5.41) is 23.8. The highest BCUT2D eigenvalue weighted by Gasteiger charge is 2.30. The lowest BCUT2D eigenvalue weighted by molar-refractivity contribution is -1.19. The lowest BCUT2D eigenvalue weighted by Gasteiger charge is -2.31. The summed E-state index contributed by atoms with van der Waals surface area (Å²) in [4.78, 5) is 22.5. The summed E-state index contributed by atoms with van der Waals surface area (Å²) in [6.45, 7) is 29.9. The summed E-state index contributed by atoms with van der Waals surface area (Å²) in [6.07, 6.45) is 1.90. The van der Waals surface area contributed by atoms with E-state index >= 15 is 0 Å². The largest absolute Gasteiger partial charge is 0.556 e. The lowest BCUT2D eigenvalue weighted by atomic mass is 9.76. The number of rotatable bonds is 10. The minimum Gasteiger partial charge on any atom is -0.556 e. The normalized spacial score (nSPS) is 15.4. The first kappa shape index (κ1) is 36.0. The summed E-state index contributed by atoms with van der Waals surface area (Å²) >= 11 is 0. The molecule has 0 aromatic heterocycles. The Morgan fingerprint density at radius 1 is 0.619 bits per heavy atom. The van der Waals surface area contributed by atoms with E-state index in [1.807, 2.05) is 53.7 Å². The average Bonchev–Trinajstić information content (AvgIpc) is 2.74. The first-order valence-corrected chi connectivity index (χ1v) is 15.0. The van der Waals surface area contributed by atoms with E-state index in [4.69, 9.17) is 19.4 Å². The van der Waals surface area contributed by atoms with Gasteiger partial charge in [0.2, 0.25) is 0 Å². The van der Waals surface area contributed by atoms with Gasteiger partial charge in [0.05, 0.1) is 0 Å². The van der Waals surface area contributed by atoms with Crippen LogP contribution in [-0.4, -0.2) is 11.2 Å². The highest BCUT2D eigenvalue weighted by atomic mass is 17.1. The van der Waals surface area contributed by atoms with Crippen LogP contribution in [0, 0.1) is 24.3 Å². The van der Waals surface area contributed by atoms with Gasteiger partial charge in [-0.1, -0.05) is 67.0 Å². The van der Waals surface area contributed by atoms with Gasteiger partial charge in [-0.2, -0.15) is 9.68 Å². The average molecular weight is 589 g/mol. The molecule has 42 heavy (non-hydrogen) atoms. The van der Waals surface area contributed by atoms with E-state index in [0.717, 1.165) is 35.1 Å². The molecule has 2 aromatic carbocycles. The molecule has 2 aromatic rings. The Morgan fingerprint density at radius 3 is 1.21 bits per heavy atom. The number of hydrogen-bond acceptors (Lipinski definition) is 6. The van der Waals surface area contributed by atoms with Crippen molar-refractivity contribution in [3.05, 3.63) is 68.1 Å². The van der Waals surface area contributed by atoms with Gasteiger partial charge in [0.15, 0.2) is 11.5 Å². The van der Waals surface area contributed by atoms with Crippen molar-refractivity contribution in [3.63, 3.8) is 0 Å². The van der Waals surface area contributed by atoms with Crippen molar-refractivity contribution in [2.45, 2.75) is 145 Å². The minimum atomic E-state index is -0.712. The molecule has 0 aliphatic rings. The maximum atomic E-state index is 12.6. The molecule has 0 radical (unpaired) electrons. The first-order valence-electron chi connectivity index (χ1n) is 15.0. The summed E-state index contributed by atoms with van der Waals surface area (Å²) in [6, 6.07) is 8.30. The molecule has 2 atom stereocenters. The summed E-state index contributed by atoms with van der Waals surface area (Å²) < 4.78 is 0. The standard InChI is InChI=1S/C34H56N2O6/c1-16-17-24(25-20-27(31(4,5)6)29(18-22(25)2)39-35(37)41-33(10,11)12)26-21-28(32(7,8)9)30(19-23(26)3)40-36(38)42-34(13,14)15/h18-21,24,35-36H,16-17H2,1-15H3. The van der Waals surface area contributed by atoms with Gasteiger partial charge in [-0.25, -0.2) is 0 Å². The molecule has 0 amide bonds. The molecule has 0 bridgehead atoms. The zero-order chi connectivity index (χ0) is 32.4. The van der Waals surface area contributed by atoms with Crippen LogP contribution in [0.5, 0.6) is 11.5 Å². The smallest absolute Gasteiger partial charge is 0.199 e. The van der Waals surface area contributed by atoms with Crippen LogP contribution in [0.25, 0.3) is 0 Å². The number of aryl methyl sites for hydroxylation is 2. The van der Waals surface area contributed by atoms with Crippen LogP contribution in [-0.2, 0) is 20.5 Å². The Bertz CT molecular complexity index is 1110. The van der Waals surface area contributed by atoms with E-state index in [0.29, 0.717) is 11.5 Å². The molecule has 0 heterocycles. The third-order valence-corrected chi connectivity index (χ3v) is 6.85. The van der Waals surface area contributed by atoms with Crippen LogP contribution in [0.4, 0.5) is 0 Å². The summed E-state index contributed by atoms with van der Waals surface area (Å²) in [7, 11) is 0. The zero-order valence-electron chi connectivity index (χ0n) is 28.8. The van der Waals surface area contributed by atoms with Gasteiger partial charge < -0.3 is 10.4 Å². The molecule has 0 aliphatic heterocycles. The molecule has 238 valence electrons. The third-order valence-electron chi connectivity index (χ3n) is 6.85. The molecular formula is C34H56N2O6. The SMILES string of the molecule is CCCC(c1cc(C(C)(C)C)c(O[NH+]([O-])OC(C)(C)C)cc1C)c1cc(C(C)(C)C)c(O[NH+]([O-])OC(C)(C)C)cc1C. The molecule has 2 rings (SSSR count). The first-order chi connectivity index (χ1) is 18.9.